The van der Waals surface area contributed by atoms with Gasteiger partial charge in [-0.1, -0.05) is 29.8 Å². The predicted octanol–water partition coefficient (Wildman–Crippen LogP) is 5.93. The molecule has 0 spiro atoms. The number of hydrogen-bond donors (Lipinski definition) is 1. The van der Waals surface area contributed by atoms with Crippen LogP contribution < -0.4 is 10.1 Å². The molecular weight excluding hydrogens is 467 g/mol. The van der Waals surface area contributed by atoms with Crippen molar-refractivity contribution in [2.75, 3.05) is 19.4 Å². The highest BCUT2D eigenvalue weighted by molar-refractivity contribution is 6.32. The zero-order valence-electron chi connectivity index (χ0n) is 18.8. The molecule has 34 heavy (non-hydrogen) atoms. The molecule has 1 saturated carbocycles. The Balaban J connectivity index is 1.46. The molecule has 3 aromatic rings. The van der Waals surface area contributed by atoms with Gasteiger partial charge in [-0.05, 0) is 63.0 Å². The Morgan fingerprint density at radius 3 is 2.62 bits per heavy atom. The fourth-order valence-corrected chi connectivity index (χ4v) is 4.52. The number of anilines is 2. The molecule has 0 unspecified atom stereocenters. The molecule has 0 bridgehead atoms. The van der Waals surface area contributed by atoms with Crippen molar-refractivity contribution in [3.8, 4) is 5.88 Å². The van der Waals surface area contributed by atoms with E-state index >= 15 is 0 Å². The van der Waals surface area contributed by atoms with Gasteiger partial charge in [0.05, 0.1) is 17.4 Å². The Morgan fingerprint density at radius 1 is 1.12 bits per heavy atom. The molecule has 1 aromatic carbocycles. The number of rotatable bonds is 6. The third-order valence-electron chi connectivity index (χ3n) is 6.03. The molecule has 0 radical (unpaired) electrons. The highest BCUT2D eigenvalue weighted by Gasteiger charge is 2.36. The third kappa shape index (κ3) is 5.77. The topological polar surface area (TPSA) is 63.2 Å². The maximum absolute atomic E-state index is 13.2. The number of likely N-dealkylation sites (N-methyl/N-ethyl adjacent to an activating group) is 1. The van der Waals surface area contributed by atoms with Gasteiger partial charge in [0.2, 0.25) is 5.88 Å². The quantitative estimate of drug-likeness (QED) is 0.461. The maximum Gasteiger partial charge on any atom is 0.416 e. The maximum atomic E-state index is 13.2. The predicted molar refractivity (Wildman–Crippen MR) is 124 cm³/mol. The molecule has 1 aliphatic carbocycles. The minimum absolute atomic E-state index is 0.00928. The Morgan fingerprint density at radius 2 is 1.94 bits per heavy atom. The van der Waals surface area contributed by atoms with Gasteiger partial charge >= 0.3 is 6.18 Å². The van der Waals surface area contributed by atoms with Gasteiger partial charge in [-0.15, -0.1) is 0 Å². The average Bonchev–Trinajstić information content (AvgIpc) is 2.81. The summed E-state index contributed by atoms with van der Waals surface area (Å²) in [7, 11) is 3.89. The van der Waals surface area contributed by atoms with Gasteiger partial charge in [0.1, 0.15) is 23.3 Å². The summed E-state index contributed by atoms with van der Waals surface area (Å²) in [6.07, 6.45) is 2.18. The van der Waals surface area contributed by atoms with E-state index in [0.29, 0.717) is 47.2 Å². The minimum atomic E-state index is -4.35. The Labute approximate surface area is 201 Å². The van der Waals surface area contributed by atoms with Crippen LogP contribution in [0.25, 0.3) is 0 Å². The van der Waals surface area contributed by atoms with Gasteiger partial charge in [-0.25, -0.2) is 15.0 Å². The number of nitrogens with zero attached hydrogens (tertiary/aromatic N) is 4. The van der Waals surface area contributed by atoms with E-state index in [1.54, 1.807) is 30.6 Å². The summed E-state index contributed by atoms with van der Waals surface area (Å²) in [6.45, 7) is 0. The molecular formula is C24H25ClF3N5O. The van der Waals surface area contributed by atoms with E-state index < -0.39 is 11.7 Å². The first-order valence-electron chi connectivity index (χ1n) is 10.9. The van der Waals surface area contributed by atoms with Crippen molar-refractivity contribution < 1.29 is 17.9 Å². The molecule has 4 rings (SSSR count). The lowest BCUT2D eigenvalue weighted by molar-refractivity contribution is -0.137. The van der Waals surface area contributed by atoms with Crippen LogP contribution in [-0.4, -0.2) is 46.1 Å². The second-order valence-electron chi connectivity index (χ2n) is 8.55. The van der Waals surface area contributed by atoms with Crippen molar-refractivity contribution in [2.24, 2.45) is 0 Å². The molecule has 6 nitrogen and oxygen atoms in total. The molecule has 2 aromatic heterocycles. The molecule has 1 fully saturated rings. The number of ether oxygens (including phenoxy) is 1. The lowest BCUT2D eigenvalue weighted by Gasteiger charge is -2.39. The Bertz CT molecular complexity index is 1110. The van der Waals surface area contributed by atoms with Crippen LogP contribution in [0.5, 0.6) is 5.88 Å². The SMILES string of the molecule is CN(C)[C@H]1C[C@@H](c2cccc(C(F)(F)F)c2)CC[C@@H]1Oc1ncc(Nc2ccncn2)cc1Cl. The van der Waals surface area contributed by atoms with Crippen LogP contribution in [0.2, 0.25) is 5.02 Å². The van der Waals surface area contributed by atoms with Crippen molar-refractivity contribution >= 4 is 23.1 Å². The van der Waals surface area contributed by atoms with Crippen LogP contribution in [-0.2, 0) is 6.18 Å². The number of benzene rings is 1. The lowest BCUT2D eigenvalue weighted by Crippen LogP contribution is -2.46. The van der Waals surface area contributed by atoms with Crippen molar-refractivity contribution in [1.29, 1.82) is 0 Å². The standard InChI is InChI=1S/C24H25ClF3N5O/c1-33(2)20-11-16(15-4-3-5-17(10-15)24(26,27)28)6-7-21(20)34-23-19(25)12-18(13-30-23)32-22-8-9-29-14-31-22/h3-5,8-10,12-14,16,20-21H,6-7,11H2,1-2H3,(H,29,31,32)/t16-,20-,21-/m0/s1. The molecule has 3 atom stereocenters. The van der Waals surface area contributed by atoms with Crippen molar-refractivity contribution in [3.05, 3.63) is 71.3 Å². The summed E-state index contributed by atoms with van der Waals surface area (Å²) >= 11 is 6.45. The molecule has 0 saturated heterocycles. The van der Waals surface area contributed by atoms with Crippen LogP contribution in [0.1, 0.15) is 36.3 Å². The van der Waals surface area contributed by atoms with Crippen LogP contribution in [0, 0.1) is 0 Å². The molecule has 0 aliphatic heterocycles. The second-order valence-corrected chi connectivity index (χ2v) is 8.96. The van der Waals surface area contributed by atoms with Crippen LogP contribution in [0.4, 0.5) is 24.7 Å². The largest absolute Gasteiger partial charge is 0.472 e. The first-order valence-corrected chi connectivity index (χ1v) is 11.3. The van der Waals surface area contributed by atoms with Gasteiger partial charge in [0.15, 0.2) is 0 Å². The highest BCUT2D eigenvalue weighted by atomic mass is 35.5. The van der Waals surface area contributed by atoms with E-state index in [4.69, 9.17) is 16.3 Å². The fourth-order valence-electron chi connectivity index (χ4n) is 4.31. The number of alkyl halides is 3. The van der Waals surface area contributed by atoms with Crippen molar-refractivity contribution in [1.82, 2.24) is 19.9 Å². The number of nitrogens with one attached hydrogen (secondary N) is 1. The lowest BCUT2D eigenvalue weighted by atomic mass is 9.79. The number of aromatic nitrogens is 3. The first kappa shape index (κ1) is 24.2. The van der Waals surface area contributed by atoms with Gasteiger partial charge < -0.3 is 15.0 Å². The summed E-state index contributed by atoms with van der Waals surface area (Å²) < 4.78 is 45.7. The number of pyridine rings is 1. The molecule has 2 heterocycles. The van der Waals surface area contributed by atoms with Gasteiger partial charge in [-0.3, -0.25) is 0 Å². The summed E-state index contributed by atoms with van der Waals surface area (Å²) in [5.41, 5.74) is 0.751. The fraction of sp³-hybridized carbons (Fsp3) is 0.375. The van der Waals surface area contributed by atoms with Crippen LogP contribution in [0.3, 0.4) is 0 Å². The zero-order valence-corrected chi connectivity index (χ0v) is 19.5. The normalized spacial score (nSPS) is 20.9. The summed E-state index contributed by atoms with van der Waals surface area (Å²) in [4.78, 5) is 14.4. The van der Waals surface area contributed by atoms with Crippen LogP contribution >= 0.6 is 11.6 Å². The van der Waals surface area contributed by atoms with E-state index in [1.165, 1.54) is 18.5 Å². The Hall–Kier alpha value is -2.91. The summed E-state index contributed by atoms with van der Waals surface area (Å²) in [5, 5.41) is 3.46. The van der Waals surface area contributed by atoms with E-state index in [-0.39, 0.29) is 18.1 Å². The number of hydrogen-bond acceptors (Lipinski definition) is 6. The average molecular weight is 492 g/mol. The van der Waals surface area contributed by atoms with Gasteiger partial charge in [0, 0.05) is 12.2 Å². The number of halogens is 4. The van der Waals surface area contributed by atoms with E-state index in [1.807, 2.05) is 19.0 Å². The van der Waals surface area contributed by atoms with E-state index in [2.05, 4.69) is 20.3 Å². The highest BCUT2D eigenvalue weighted by Crippen LogP contribution is 2.39. The van der Waals surface area contributed by atoms with E-state index in [0.717, 1.165) is 6.07 Å². The molecule has 1 aliphatic rings. The minimum Gasteiger partial charge on any atom is -0.472 e. The second kappa shape index (κ2) is 10.1. The smallest absolute Gasteiger partial charge is 0.416 e. The Kier molecular flexibility index (Phi) is 7.23. The third-order valence-corrected chi connectivity index (χ3v) is 6.30. The summed E-state index contributed by atoms with van der Waals surface area (Å²) in [6, 6.07) is 9.05. The van der Waals surface area contributed by atoms with Crippen molar-refractivity contribution in [3.63, 3.8) is 0 Å². The summed E-state index contributed by atoms with van der Waals surface area (Å²) in [5.74, 6) is 0.948. The van der Waals surface area contributed by atoms with Gasteiger partial charge in [-0.2, -0.15) is 13.2 Å². The molecule has 180 valence electrons. The molecule has 1 N–H and O–H groups in total. The molecule has 10 heteroatoms. The zero-order chi connectivity index (χ0) is 24.3. The van der Waals surface area contributed by atoms with Gasteiger partial charge in [0.25, 0.3) is 0 Å². The molecule has 0 amide bonds. The van der Waals surface area contributed by atoms with Crippen molar-refractivity contribution in [2.45, 2.75) is 43.5 Å². The monoisotopic (exact) mass is 491 g/mol. The first-order chi connectivity index (χ1) is 16.2. The van der Waals surface area contributed by atoms with E-state index in [9.17, 15) is 13.2 Å². The van der Waals surface area contributed by atoms with Crippen LogP contribution in [0.15, 0.2) is 55.1 Å².